The molecule has 2 unspecified atom stereocenters. The number of nitrogens with one attached hydrogen (secondary N) is 1. The molecule has 0 aliphatic carbocycles. The molecule has 36 heavy (non-hydrogen) atoms. The second kappa shape index (κ2) is 12.0. The predicted molar refractivity (Wildman–Crippen MR) is 135 cm³/mol. The van der Waals surface area contributed by atoms with Crippen molar-refractivity contribution >= 4 is 11.6 Å². The summed E-state index contributed by atoms with van der Waals surface area (Å²) >= 11 is 0. The first-order valence-corrected chi connectivity index (χ1v) is 12.9. The van der Waals surface area contributed by atoms with Crippen molar-refractivity contribution in [3.05, 3.63) is 60.2 Å². The van der Waals surface area contributed by atoms with Crippen molar-refractivity contribution < 1.29 is 22.7 Å². The molecular weight excluding hydrogens is 467 g/mol. The van der Waals surface area contributed by atoms with Gasteiger partial charge in [0.1, 0.15) is 0 Å². The second-order valence-corrected chi connectivity index (χ2v) is 10.1. The highest BCUT2D eigenvalue weighted by atomic mass is 19.4. The Kier molecular flexibility index (Phi) is 8.77. The Hall–Kier alpha value is -2.74. The molecule has 0 saturated carbocycles. The van der Waals surface area contributed by atoms with Crippen LogP contribution in [-0.4, -0.2) is 49.9 Å². The van der Waals surface area contributed by atoms with Crippen LogP contribution in [0.15, 0.2) is 54.6 Å². The van der Waals surface area contributed by atoms with Crippen molar-refractivity contribution in [3.8, 4) is 5.75 Å². The number of alkyl halides is 3. The van der Waals surface area contributed by atoms with Gasteiger partial charge in [0.25, 0.3) is 0 Å². The summed E-state index contributed by atoms with van der Waals surface area (Å²) in [6.45, 7) is 6.86. The first-order valence-electron chi connectivity index (χ1n) is 12.9. The fourth-order valence-electron chi connectivity index (χ4n) is 5.49. The number of piperidine rings is 2. The SMILES string of the molecule is CC1CN(c2ccccc2OC(F)(F)F)CCC1C(=O)NCCC1CCN(Cc2ccccc2)CC1. The Morgan fingerprint density at radius 1 is 1.00 bits per heavy atom. The van der Waals surface area contributed by atoms with Crippen molar-refractivity contribution in [2.45, 2.75) is 45.5 Å². The minimum absolute atomic E-state index is 0.0268. The molecule has 2 saturated heterocycles. The molecule has 2 heterocycles. The normalized spacial score (nSPS) is 21.8. The molecule has 1 N–H and O–H groups in total. The standard InChI is InChI=1S/C28H36F3N3O2/c1-21-19-34(25-9-5-6-10-26(25)36-28(29,30)31)18-14-24(21)27(35)32-15-11-22-12-16-33(17-13-22)20-23-7-3-2-4-8-23/h2-10,21-22,24H,11-20H2,1H3,(H,32,35). The molecule has 2 aliphatic rings. The molecule has 0 radical (unpaired) electrons. The van der Waals surface area contributed by atoms with E-state index >= 15 is 0 Å². The lowest BCUT2D eigenvalue weighted by molar-refractivity contribution is -0.274. The Balaban J connectivity index is 1.19. The molecule has 4 rings (SSSR count). The van der Waals surface area contributed by atoms with Crippen LogP contribution in [0, 0.1) is 17.8 Å². The van der Waals surface area contributed by atoms with Gasteiger partial charge in [0.2, 0.25) is 5.91 Å². The van der Waals surface area contributed by atoms with E-state index in [2.05, 4.69) is 39.2 Å². The van der Waals surface area contributed by atoms with Gasteiger partial charge < -0.3 is 15.0 Å². The average molecular weight is 504 g/mol. The highest BCUT2D eigenvalue weighted by Crippen LogP contribution is 2.36. The van der Waals surface area contributed by atoms with Gasteiger partial charge in [-0.15, -0.1) is 13.2 Å². The molecule has 196 valence electrons. The number of anilines is 1. The van der Waals surface area contributed by atoms with Crippen molar-refractivity contribution in [2.24, 2.45) is 17.8 Å². The Morgan fingerprint density at radius 3 is 2.39 bits per heavy atom. The maximum absolute atomic E-state index is 12.9. The third kappa shape index (κ3) is 7.38. The van der Waals surface area contributed by atoms with Crippen LogP contribution >= 0.6 is 0 Å². The van der Waals surface area contributed by atoms with Gasteiger partial charge in [0.15, 0.2) is 5.75 Å². The predicted octanol–water partition coefficient (Wildman–Crippen LogP) is 5.47. The third-order valence-corrected chi connectivity index (χ3v) is 7.48. The summed E-state index contributed by atoms with van der Waals surface area (Å²) in [4.78, 5) is 17.3. The van der Waals surface area contributed by atoms with Crippen molar-refractivity contribution in [1.29, 1.82) is 0 Å². The van der Waals surface area contributed by atoms with E-state index in [1.54, 1.807) is 12.1 Å². The van der Waals surface area contributed by atoms with Crippen molar-refractivity contribution in [3.63, 3.8) is 0 Å². The summed E-state index contributed by atoms with van der Waals surface area (Å²) in [5, 5.41) is 3.13. The highest BCUT2D eigenvalue weighted by molar-refractivity contribution is 5.79. The fraction of sp³-hybridized carbons (Fsp3) is 0.536. The topological polar surface area (TPSA) is 44.8 Å². The molecule has 5 nitrogen and oxygen atoms in total. The van der Waals surface area contributed by atoms with Crippen molar-refractivity contribution in [2.75, 3.05) is 37.6 Å². The number of halogens is 3. The highest BCUT2D eigenvalue weighted by Gasteiger charge is 2.35. The zero-order chi connectivity index (χ0) is 25.5. The summed E-state index contributed by atoms with van der Waals surface area (Å²) in [6.07, 6.45) is -0.849. The van der Waals surface area contributed by atoms with Crippen LogP contribution in [0.5, 0.6) is 5.75 Å². The number of likely N-dealkylation sites (tertiary alicyclic amines) is 1. The van der Waals surface area contributed by atoms with E-state index in [1.807, 2.05) is 17.9 Å². The van der Waals surface area contributed by atoms with Gasteiger partial charge in [-0.1, -0.05) is 49.4 Å². The molecule has 8 heteroatoms. The summed E-state index contributed by atoms with van der Waals surface area (Å²) in [5.74, 6) is 0.378. The van der Waals surface area contributed by atoms with Gasteiger partial charge in [0.05, 0.1) is 5.69 Å². The van der Waals surface area contributed by atoms with Crippen LogP contribution in [0.25, 0.3) is 0 Å². The Bertz CT molecular complexity index is 978. The van der Waals surface area contributed by atoms with Crippen LogP contribution in [0.4, 0.5) is 18.9 Å². The molecule has 0 spiro atoms. The lowest BCUT2D eigenvalue weighted by Crippen LogP contribution is -2.46. The van der Waals surface area contributed by atoms with E-state index in [1.165, 1.54) is 17.7 Å². The number of rotatable bonds is 8. The number of benzene rings is 2. The fourth-order valence-corrected chi connectivity index (χ4v) is 5.49. The molecule has 2 aromatic rings. The Morgan fingerprint density at radius 2 is 1.69 bits per heavy atom. The largest absolute Gasteiger partial charge is 0.573 e. The number of nitrogens with zero attached hydrogens (tertiary/aromatic N) is 2. The number of amides is 1. The van der Waals surface area contributed by atoms with Crippen molar-refractivity contribution in [1.82, 2.24) is 10.2 Å². The van der Waals surface area contributed by atoms with E-state index in [-0.39, 0.29) is 23.5 Å². The van der Waals surface area contributed by atoms with Crippen LogP contribution in [-0.2, 0) is 11.3 Å². The quantitative estimate of drug-likeness (QED) is 0.519. The number of para-hydroxylation sites is 2. The van der Waals surface area contributed by atoms with E-state index in [0.29, 0.717) is 37.7 Å². The zero-order valence-corrected chi connectivity index (χ0v) is 20.8. The summed E-state index contributed by atoms with van der Waals surface area (Å²) in [7, 11) is 0. The summed E-state index contributed by atoms with van der Waals surface area (Å²) in [5.41, 5.74) is 1.76. The minimum Gasteiger partial charge on any atom is -0.404 e. The lowest BCUT2D eigenvalue weighted by atomic mass is 9.85. The molecule has 2 aliphatic heterocycles. The Labute approximate surface area is 211 Å². The summed E-state index contributed by atoms with van der Waals surface area (Å²) < 4.78 is 42.6. The number of hydrogen-bond acceptors (Lipinski definition) is 4. The van der Waals surface area contributed by atoms with Gasteiger partial charge in [-0.05, 0) is 68.3 Å². The molecule has 1 amide bonds. The van der Waals surface area contributed by atoms with E-state index in [0.717, 1.165) is 38.9 Å². The molecule has 0 bridgehead atoms. The smallest absolute Gasteiger partial charge is 0.404 e. The molecule has 0 aromatic heterocycles. The third-order valence-electron chi connectivity index (χ3n) is 7.48. The van der Waals surface area contributed by atoms with Gasteiger partial charge in [-0.25, -0.2) is 0 Å². The maximum Gasteiger partial charge on any atom is 0.573 e. The van der Waals surface area contributed by atoms with Gasteiger partial charge >= 0.3 is 6.36 Å². The van der Waals surface area contributed by atoms with Gasteiger partial charge in [-0.3, -0.25) is 9.69 Å². The number of ether oxygens (including phenoxy) is 1. The average Bonchev–Trinajstić information content (AvgIpc) is 2.85. The lowest BCUT2D eigenvalue weighted by Gasteiger charge is -2.38. The first kappa shape index (κ1) is 26.3. The zero-order valence-electron chi connectivity index (χ0n) is 20.8. The van der Waals surface area contributed by atoms with Gasteiger partial charge in [-0.2, -0.15) is 0 Å². The monoisotopic (exact) mass is 503 g/mol. The molecular formula is C28H36F3N3O2. The van der Waals surface area contributed by atoms with E-state index in [4.69, 9.17) is 0 Å². The number of hydrogen-bond donors (Lipinski definition) is 1. The van der Waals surface area contributed by atoms with Crippen LogP contribution in [0.2, 0.25) is 0 Å². The number of carbonyl (C=O) groups is 1. The van der Waals surface area contributed by atoms with Crippen LogP contribution < -0.4 is 15.0 Å². The van der Waals surface area contributed by atoms with Crippen LogP contribution in [0.3, 0.4) is 0 Å². The molecule has 2 fully saturated rings. The van der Waals surface area contributed by atoms with E-state index < -0.39 is 6.36 Å². The first-order chi connectivity index (χ1) is 17.3. The number of carbonyl (C=O) groups excluding carboxylic acids is 1. The summed E-state index contributed by atoms with van der Waals surface area (Å²) in [6, 6.07) is 16.7. The maximum atomic E-state index is 12.9. The minimum atomic E-state index is -4.74. The van der Waals surface area contributed by atoms with Gasteiger partial charge in [0, 0.05) is 32.1 Å². The van der Waals surface area contributed by atoms with E-state index in [9.17, 15) is 18.0 Å². The van der Waals surface area contributed by atoms with Crippen LogP contribution in [0.1, 0.15) is 38.2 Å². The second-order valence-electron chi connectivity index (χ2n) is 10.1. The molecule has 2 aromatic carbocycles. The molecule has 2 atom stereocenters.